The molecule has 0 saturated heterocycles. The maximum absolute atomic E-state index is 12.7. The number of ether oxygens (including phenoxy) is 2. The van der Waals surface area contributed by atoms with Gasteiger partial charge in [0.05, 0.1) is 14.2 Å². The van der Waals surface area contributed by atoms with Crippen molar-refractivity contribution in [1.82, 2.24) is 0 Å². The fourth-order valence-electron chi connectivity index (χ4n) is 0.767. The molecule has 0 N–H and O–H groups in total. The molecule has 1 aromatic carbocycles. The van der Waals surface area contributed by atoms with Gasteiger partial charge in [-0.15, -0.1) is 0 Å². The summed E-state index contributed by atoms with van der Waals surface area (Å²) in [4.78, 5) is 0. The molecule has 0 spiro atoms. The van der Waals surface area contributed by atoms with Crippen molar-refractivity contribution in [1.29, 1.82) is 0 Å². The van der Waals surface area contributed by atoms with E-state index in [2.05, 4.69) is 0 Å². The highest BCUT2D eigenvalue weighted by atomic mass is 18.2. The third kappa shape index (κ3) is 1.61. The van der Waals surface area contributed by atoms with Gasteiger partial charge in [0.25, 0.3) is 0 Å². The Morgan fingerprint density at radius 1 is 1.18 bits per heavy atom. The number of methoxy groups -OCH3 is 2. The van der Waals surface area contributed by atoms with Crippen LogP contribution in [0.25, 0.3) is 0 Å². The molecule has 2 nitrogen and oxygen atoms in total. The molecule has 3 heteroatoms. The van der Waals surface area contributed by atoms with Crippen molar-refractivity contribution in [3.8, 4) is 11.5 Å². The molecule has 0 fully saturated rings. The lowest BCUT2D eigenvalue weighted by Gasteiger charge is -2.03. The van der Waals surface area contributed by atoms with Crippen molar-refractivity contribution in [3.05, 3.63) is 24.0 Å². The normalized spacial score (nSPS) is 9.36. The molecule has 0 aromatic heterocycles. The van der Waals surface area contributed by atoms with Gasteiger partial charge in [0.15, 0.2) is 11.6 Å². The number of rotatable bonds is 2. The summed E-state index contributed by atoms with van der Waals surface area (Å²) in [5.41, 5.74) is 0. The highest BCUT2D eigenvalue weighted by Gasteiger charge is 2.01. The second kappa shape index (κ2) is 3.23. The van der Waals surface area contributed by atoms with E-state index in [4.69, 9.17) is 9.47 Å². The molecule has 0 aliphatic carbocycles. The summed E-state index contributed by atoms with van der Waals surface area (Å²) in [5, 5.41) is 0. The van der Waals surface area contributed by atoms with Crippen molar-refractivity contribution in [2.45, 2.75) is 0 Å². The lowest BCUT2D eigenvalue weighted by atomic mass is 10.3. The van der Waals surface area contributed by atoms with E-state index in [1.807, 2.05) is 0 Å². The summed E-state index contributed by atoms with van der Waals surface area (Å²) in [6.07, 6.45) is 0. The third-order valence-electron chi connectivity index (χ3n) is 1.36. The number of hydrogen-bond donors (Lipinski definition) is 0. The molecule has 0 amide bonds. The van der Waals surface area contributed by atoms with Crippen molar-refractivity contribution >= 4 is 0 Å². The molecule has 0 unspecified atom stereocenters. The average Bonchev–Trinajstić information content (AvgIpc) is 2.05. The van der Waals surface area contributed by atoms with Crippen LogP contribution in [0.2, 0.25) is 0 Å². The molecule has 0 saturated carbocycles. The zero-order valence-electron chi connectivity index (χ0n) is 6.43. The first-order chi connectivity index (χ1) is 5.27. The Balaban J connectivity index is 3.02. The van der Waals surface area contributed by atoms with Crippen LogP contribution in [0, 0.1) is 5.82 Å². The van der Waals surface area contributed by atoms with E-state index in [0.717, 1.165) is 0 Å². The Labute approximate surface area is 64.6 Å². The standard InChI is InChI=1S/C8H9FO2/c1-10-6-3-4-7(9)8(5-6)11-2/h3-5H,1-2H3/i9-1. The number of hydrogen-bond acceptors (Lipinski definition) is 2. The maximum atomic E-state index is 12.7. The van der Waals surface area contributed by atoms with Crippen LogP contribution in [0.15, 0.2) is 18.2 Å². The molecular formula is C8H9FO2. The predicted octanol–water partition coefficient (Wildman–Crippen LogP) is 1.84. The first-order valence-corrected chi connectivity index (χ1v) is 3.15. The molecule has 0 atom stereocenters. The van der Waals surface area contributed by atoms with Crippen LogP contribution >= 0.6 is 0 Å². The summed E-state index contributed by atoms with van der Waals surface area (Å²) >= 11 is 0. The topological polar surface area (TPSA) is 18.5 Å². The number of halogens is 1. The van der Waals surface area contributed by atoms with Gasteiger partial charge in [-0.05, 0) is 12.1 Å². The molecule has 0 aliphatic heterocycles. The first-order valence-electron chi connectivity index (χ1n) is 3.15. The Kier molecular flexibility index (Phi) is 2.31. The minimum absolute atomic E-state index is 0.198. The molecule has 0 aliphatic rings. The Morgan fingerprint density at radius 2 is 1.91 bits per heavy atom. The van der Waals surface area contributed by atoms with E-state index in [1.165, 1.54) is 32.4 Å². The molecule has 1 rings (SSSR count). The van der Waals surface area contributed by atoms with Gasteiger partial charge in [-0.2, -0.15) is 0 Å². The molecule has 1 aromatic rings. The second-order valence-electron chi connectivity index (χ2n) is 2.00. The van der Waals surface area contributed by atoms with E-state index < -0.39 is 0 Å². The van der Waals surface area contributed by atoms with Gasteiger partial charge in [-0.3, -0.25) is 0 Å². The van der Waals surface area contributed by atoms with Gasteiger partial charge in [0, 0.05) is 6.07 Å². The fraction of sp³-hybridized carbons (Fsp3) is 0.250. The number of benzene rings is 1. The van der Waals surface area contributed by atoms with Gasteiger partial charge in [-0.1, -0.05) is 0 Å². The monoisotopic (exact) mass is 155 g/mol. The maximum Gasteiger partial charge on any atom is 0.165 e. The molecule has 11 heavy (non-hydrogen) atoms. The average molecular weight is 155 g/mol. The van der Waals surface area contributed by atoms with Crippen molar-refractivity contribution < 1.29 is 13.9 Å². The van der Waals surface area contributed by atoms with Crippen LogP contribution in [-0.2, 0) is 0 Å². The van der Waals surface area contributed by atoms with E-state index in [1.54, 1.807) is 0 Å². The Morgan fingerprint density at radius 3 is 2.45 bits per heavy atom. The lowest BCUT2D eigenvalue weighted by molar-refractivity contribution is 0.374. The largest absolute Gasteiger partial charge is 0.497 e. The highest BCUT2D eigenvalue weighted by molar-refractivity contribution is 5.34. The van der Waals surface area contributed by atoms with Gasteiger partial charge in [0.1, 0.15) is 5.75 Å². The minimum atomic E-state index is -0.381. The van der Waals surface area contributed by atoms with E-state index >= 15 is 0 Å². The second-order valence-corrected chi connectivity index (χ2v) is 2.00. The summed E-state index contributed by atoms with van der Waals surface area (Å²) in [6.45, 7) is 0. The van der Waals surface area contributed by atoms with Crippen LogP contribution in [0.5, 0.6) is 11.5 Å². The quantitative estimate of drug-likeness (QED) is 0.648. The SMILES string of the molecule is COc1ccc([18F])c(OC)c1. The van der Waals surface area contributed by atoms with Crippen LogP contribution in [0.1, 0.15) is 0 Å². The molecular weight excluding hydrogens is 146 g/mol. The zero-order chi connectivity index (χ0) is 8.27. The van der Waals surface area contributed by atoms with E-state index in [-0.39, 0.29) is 11.6 Å². The van der Waals surface area contributed by atoms with Gasteiger partial charge < -0.3 is 9.47 Å². The molecule has 60 valence electrons. The van der Waals surface area contributed by atoms with Gasteiger partial charge in [0.2, 0.25) is 0 Å². The lowest BCUT2D eigenvalue weighted by Crippen LogP contribution is -1.89. The van der Waals surface area contributed by atoms with Crippen molar-refractivity contribution in [2.75, 3.05) is 14.2 Å². The first kappa shape index (κ1) is 7.85. The molecule has 0 radical (unpaired) electrons. The summed E-state index contributed by atoms with van der Waals surface area (Å²) in [6, 6.07) is 4.34. The van der Waals surface area contributed by atoms with E-state index in [0.29, 0.717) is 5.75 Å². The summed E-state index contributed by atoms with van der Waals surface area (Å²) in [7, 11) is 2.94. The molecule has 0 bridgehead atoms. The van der Waals surface area contributed by atoms with Crippen LogP contribution in [0.4, 0.5) is 4.39 Å². The fourth-order valence-corrected chi connectivity index (χ4v) is 0.767. The Bertz CT molecular complexity index is 248. The highest BCUT2D eigenvalue weighted by Crippen LogP contribution is 2.22. The third-order valence-corrected chi connectivity index (χ3v) is 1.36. The molecule has 0 heterocycles. The van der Waals surface area contributed by atoms with E-state index in [9.17, 15) is 4.39 Å². The Hall–Kier alpha value is -1.25. The van der Waals surface area contributed by atoms with Crippen LogP contribution < -0.4 is 9.47 Å². The minimum Gasteiger partial charge on any atom is -0.497 e. The van der Waals surface area contributed by atoms with Gasteiger partial charge in [-0.25, -0.2) is 4.39 Å². The predicted molar refractivity (Wildman–Crippen MR) is 39.5 cm³/mol. The summed E-state index contributed by atoms with van der Waals surface area (Å²) in [5.74, 6) is 0.404. The summed E-state index contributed by atoms with van der Waals surface area (Å²) < 4.78 is 22.3. The van der Waals surface area contributed by atoms with Crippen LogP contribution in [-0.4, -0.2) is 14.2 Å². The van der Waals surface area contributed by atoms with Crippen LogP contribution in [0.3, 0.4) is 0 Å². The van der Waals surface area contributed by atoms with Crippen molar-refractivity contribution in [2.24, 2.45) is 0 Å². The zero-order valence-corrected chi connectivity index (χ0v) is 6.43. The van der Waals surface area contributed by atoms with Gasteiger partial charge >= 0.3 is 0 Å². The smallest absolute Gasteiger partial charge is 0.165 e. The van der Waals surface area contributed by atoms with Crippen molar-refractivity contribution in [3.63, 3.8) is 0 Å².